The zero-order valence-electron chi connectivity index (χ0n) is 14.2. The SMILES string of the molecule is O=C(NCC1CCCO1)c1ccccc1NS(=O)(=O)c1c(F)cccc1F. The van der Waals surface area contributed by atoms with Crippen LogP contribution in [0.15, 0.2) is 47.4 Å². The summed E-state index contributed by atoms with van der Waals surface area (Å²) in [7, 11) is -4.57. The number of rotatable bonds is 6. The molecule has 9 heteroatoms. The van der Waals surface area contributed by atoms with Crippen LogP contribution in [0.3, 0.4) is 0 Å². The highest BCUT2D eigenvalue weighted by molar-refractivity contribution is 7.92. The largest absolute Gasteiger partial charge is 0.376 e. The maximum Gasteiger partial charge on any atom is 0.267 e. The van der Waals surface area contributed by atoms with E-state index >= 15 is 0 Å². The predicted molar refractivity (Wildman–Crippen MR) is 94.9 cm³/mol. The number of anilines is 1. The molecule has 3 rings (SSSR count). The first-order valence-corrected chi connectivity index (χ1v) is 9.82. The number of sulfonamides is 1. The molecule has 1 fully saturated rings. The Bertz CT molecular complexity index is 924. The normalized spacial score (nSPS) is 16.9. The van der Waals surface area contributed by atoms with Crippen molar-refractivity contribution >= 4 is 21.6 Å². The lowest BCUT2D eigenvalue weighted by atomic mass is 10.1. The molecule has 0 radical (unpaired) electrons. The summed E-state index contributed by atoms with van der Waals surface area (Å²) in [6.45, 7) is 0.937. The quantitative estimate of drug-likeness (QED) is 0.786. The fourth-order valence-corrected chi connectivity index (χ4v) is 4.03. The van der Waals surface area contributed by atoms with Crippen LogP contribution in [0, 0.1) is 11.6 Å². The topological polar surface area (TPSA) is 84.5 Å². The first-order chi connectivity index (χ1) is 12.9. The highest BCUT2D eigenvalue weighted by Crippen LogP contribution is 2.24. The van der Waals surface area contributed by atoms with E-state index in [1.54, 1.807) is 6.07 Å². The summed E-state index contributed by atoms with van der Waals surface area (Å²) in [5.74, 6) is -2.96. The number of amides is 1. The van der Waals surface area contributed by atoms with Crippen molar-refractivity contribution in [1.82, 2.24) is 5.32 Å². The number of hydrogen-bond acceptors (Lipinski definition) is 4. The third-order valence-corrected chi connectivity index (χ3v) is 5.53. The maximum absolute atomic E-state index is 13.8. The molecule has 2 aromatic carbocycles. The van der Waals surface area contributed by atoms with Gasteiger partial charge in [-0.15, -0.1) is 0 Å². The first-order valence-electron chi connectivity index (χ1n) is 8.34. The number of ether oxygens (including phenoxy) is 1. The van der Waals surface area contributed by atoms with E-state index in [0.717, 1.165) is 31.0 Å². The number of halogens is 2. The molecule has 1 atom stereocenters. The summed E-state index contributed by atoms with van der Waals surface area (Å²) in [5.41, 5.74) is -0.0409. The number of hydrogen-bond donors (Lipinski definition) is 2. The average Bonchev–Trinajstić information content (AvgIpc) is 3.13. The van der Waals surface area contributed by atoms with Gasteiger partial charge in [-0.1, -0.05) is 18.2 Å². The third kappa shape index (κ3) is 4.42. The van der Waals surface area contributed by atoms with Crippen LogP contribution in [0.4, 0.5) is 14.5 Å². The Kier molecular flexibility index (Phi) is 5.71. The van der Waals surface area contributed by atoms with Gasteiger partial charge in [0.15, 0.2) is 4.90 Å². The van der Waals surface area contributed by atoms with E-state index < -0.39 is 32.5 Å². The fraction of sp³-hybridized carbons (Fsp3) is 0.278. The molecule has 144 valence electrons. The lowest BCUT2D eigenvalue weighted by Gasteiger charge is -2.15. The molecule has 1 aliphatic heterocycles. The van der Waals surface area contributed by atoms with Crippen LogP contribution in [0.5, 0.6) is 0 Å². The van der Waals surface area contributed by atoms with Gasteiger partial charge in [-0.2, -0.15) is 0 Å². The Hall–Kier alpha value is -2.52. The minimum atomic E-state index is -4.57. The predicted octanol–water partition coefficient (Wildman–Crippen LogP) is 2.67. The first kappa shape index (κ1) is 19.2. The van der Waals surface area contributed by atoms with Crippen LogP contribution >= 0.6 is 0 Å². The minimum Gasteiger partial charge on any atom is -0.376 e. The molecule has 2 aromatic rings. The van der Waals surface area contributed by atoms with Gasteiger partial charge in [0.2, 0.25) is 0 Å². The van der Waals surface area contributed by atoms with Crippen molar-refractivity contribution in [2.24, 2.45) is 0 Å². The van der Waals surface area contributed by atoms with Gasteiger partial charge in [0.05, 0.1) is 17.4 Å². The summed E-state index contributed by atoms with van der Waals surface area (Å²) >= 11 is 0. The molecule has 0 spiro atoms. The Labute approximate surface area is 155 Å². The van der Waals surface area contributed by atoms with E-state index in [2.05, 4.69) is 10.0 Å². The fourth-order valence-electron chi connectivity index (χ4n) is 2.81. The number of para-hydroxylation sites is 1. The molecular formula is C18H18F2N2O4S. The second-order valence-corrected chi connectivity index (χ2v) is 7.67. The van der Waals surface area contributed by atoms with E-state index in [9.17, 15) is 22.0 Å². The summed E-state index contributed by atoms with van der Waals surface area (Å²) in [6, 6.07) is 8.58. The summed E-state index contributed by atoms with van der Waals surface area (Å²) in [6.07, 6.45) is 1.68. The van der Waals surface area contributed by atoms with E-state index in [-0.39, 0.29) is 17.4 Å². The van der Waals surface area contributed by atoms with Crippen molar-refractivity contribution in [2.75, 3.05) is 17.9 Å². The molecule has 1 saturated heterocycles. The minimum absolute atomic E-state index is 0.0378. The molecule has 0 aliphatic carbocycles. The molecule has 0 bridgehead atoms. The number of benzene rings is 2. The molecule has 0 aromatic heterocycles. The van der Waals surface area contributed by atoms with Gasteiger partial charge in [0.1, 0.15) is 11.6 Å². The lowest BCUT2D eigenvalue weighted by molar-refractivity contribution is 0.0858. The molecule has 0 saturated carbocycles. The molecule has 2 N–H and O–H groups in total. The van der Waals surface area contributed by atoms with Gasteiger partial charge in [-0.25, -0.2) is 17.2 Å². The smallest absolute Gasteiger partial charge is 0.267 e. The maximum atomic E-state index is 13.8. The molecular weight excluding hydrogens is 378 g/mol. The summed E-state index contributed by atoms with van der Waals surface area (Å²) in [4.78, 5) is 11.3. The van der Waals surface area contributed by atoms with Crippen molar-refractivity contribution in [2.45, 2.75) is 23.8 Å². The molecule has 6 nitrogen and oxygen atoms in total. The highest BCUT2D eigenvalue weighted by Gasteiger charge is 2.26. The third-order valence-electron chi connectivity index (χ3n) is 4.12. The Morgan fingerprint density at radius 1 is 1.11 bits per heavy atom. The van der Waals surface area contributed by atoms with Crippen LogP contribution in [-0.2, 0) is 14.8 Å². The van der Waals surface area contributed by atoms with Crippen molar-refractivity contribution in [3.8, 4) is 0 Å². The van der Waals surface area contributed by atoms with Crippen molar-refractivity contribution in [3.05, 3.63) is 59.7 Å². The average molecular weight is 396 g/mol. The van der Waals surface area contributed by atoms with Gasteiger partial charge in [0, 0.05) is 13.2 Å². The molecule has 1 unspecified atom stereocenters. The molecule has 1 amide bonds. The Balaban J connectivity index is 1.82. The van der Waals surface area contributed by atoms with Crippen molar-refractivity contribution in [3.63, 3.8) is 0 Å². The number of carbonyl (C=O) groups excluding carboxylic acids is 1. The van der Waals surface area contributed by atoms with E-state index in [4.69, 9.17) is 4.74 Å². The summed E-state index contributed by atoms with van der Waals surface area (Å²) < 4.78 is 60.1. The Morgan fingerprint density at radius 3 is 2.48 bits per heavy atom. The van der Waals surface area contributed by atoms with Crippen LogP contribution in [-0.4, -0.2) is 33.6 Å². The van der Waals surface area contributed by atoms with Gasteiger partial charge in [-0.05, 0) is 37.1 Å². The van der Waals surface area contributed by atoms with Gasteiger partial charge >= 0.3 is 0 Å². The lowest BCUT2D eigenvalue weighted by Crippen LogP contribution is -2.32. The standard InChI is InChI=1S/C18H18F2N2O4S/c19-14-7-3-8-15(20)17(14)27(24,25)22-16-9-2-1-6-13(16)18(23)21-11-12-5-4-10-26-12/h1-3,6-9,12,22H,4-5,10-11H2,(H,21,23). The molecule has 1 heterocycles. The zero-order valence-corrected chi connectivity index (χ0v) is 15.1. The van der Waals surface area contributed by atoms with Crippen LogP contribution in [0.25, 0.3) is 0 Å². The van der Waals surface area contributed by atoms with Crippen LogP contribution in [0.2, 0.25) is 0 Å². The van der Waals surface area contributed by atoms with Gasteiger partial charge < -0.3 is 10.1 Å². The van der Waals surface area contributed by atoms with Gasteiger partial charge in [0.25, 0.3) is 15.9 Å². The second-order valence-electron chi connectivity index (χ2n) is 6.05. The molecule has 27 heavy (non-hydrogen) atoms. The second kappa shape index (κ2) is 8.01. The number of carbonyl (C=O) groups is 1. The monoisotopic (exact) mass is 396 g/mol. The van der Waals surface area contributed by atoms with Crippen molar-refractivity contribution < 1.29 is 26.7 Å². The zero-order chi connectivity index (χ0) is 19.4. The van der Waals surface area contributed by atoms with Crippen LogP contribution < -0.4 is 10.0 Å². The molecule has 1 aliphatic rings. The summed E-state index contributed by atoms with van der Waals surface area (Å²) in [5, 5.41) is 2.68. The van der Waals surface area contributed by atoms with Crippen molar-refractivity contribution in [1.29, 1.82) is 0 Å². The van der Waals surface area contributed by atoms with E-state index in [1.807, 2.05) is 0 Å². The van der Waals surface area contributed by atoms with E-state index in [0.29, 0.717) is 13.2 Å². The highest BCUT2D eigenvalue weighted by atomic mass is 32.2. The number of nitrogens with one attached hydrogen (secondary N) is 2. The van der Waals surface area contributed by atoms with Gasteiger partial charge in [-0.3, -0.25) is 9.52 Å². The van der Waals surface area contributed by atoms with E-state index in [1.165, 1.54) is 18.2 Å². The van der Waals surface area contributed by atoms with Crippen LogP contribution in [0.1, 0.15) is 23.2 Å². The Morgan fingerprint density at radius 2 is 1.81 bits per heavy atom.